The minimum absolute atomic E-state index is 0.189. The van der Waals surface area contributed by atoms with Gasteiger partial charge in [-0.2, -0.15) is 0 Å². The number of halogens is 1. The van der Waals surface area contributed by atoms with Crippen LogP contribution in [0.4, 0.5) is 0 Å². The fraction of sp³-hybridized carbons (Fsp3) is 0.364. The minimum Gasteiger partial charge on any atom is -0.496 e. The van der Waals surface area contributed by atoms with E-state index in [0.29, 0.717) is 16.3 Å². The van der Waals surface area contributed by atoms with Gasteiger partial charge >= 0.3 is 0 Å². The molecule has 0 saturated carbocycles. The van der Waals surface area contributed by atoms with Crippen LogP contribution in [0.25, 0.3) is 0 Å². The summed E-state index contributed by atoms with van der Waals surface area (Å²) in [5, 5.41) is 3.17. The Morgan fingerprint density at radius 3 is 2.53 bits per heavy atom. The molecule has 0 saturated heterocycles. The number of nitrogens with one attached hydrogen (secondary N) is 1. The van der Waals surface area contributed by atoms with E-state index in [0.717, 1.165) is 11.1 Å². The van der Waals surface area contributed by atoms with Crippen LogP contribution in [-0.4, -0.2) is 20.1 Å². The first-order valence-corrected chi connectivity index (χ1v) is 4.96. The van der Waals surface area contributed by atoms with Gasteiger partial charge < -0.3 is 10.1 Å². The van der Waals surface area contributed by atoms with Crippen LogP contribution in [0.1, 0.15) is 21.5 Å². The highest BCUT2D eigenvalue weighted by Crippen LogP contribution is 2.31. The average Bonchev–Trinajstić information content (AvgIpc) is 2.24. The molecule has 0 atom stereocenters. The van der Waals surface area contributed by atoms with Crippen molar-refractivity contribution in [3.63, 3.8) is 0 Å². The summed E-state index contributed by atoms with van der Waals surface area (Å²) in [6, 6.07) is 1.76. The second-order valence-corrected chi connectivity index (χ2v) is 3.67. The number of amides is 1. The minimum atomic E-state index is -0.189. The molecule has 3 nitrogen and oxygen atoms in total. The number of hydrogen-bond donors (Lipinski definition) is 1. The molecule has 1 aromatic rings. The van der Waals surface area contributed by atoms with E-state index in [4.69, 9.17) is 16.3 Å². The van der Waals surface area contributed by atoms with Crippen molar-refractivity contribution >= 4 is 17.5 Å². The van der Waals surface area contributed by atoms with Gasteiger partial charge in [0.25, 0.3) is 5.91 Å². The highest BCUT2D eigenvalue weighted by molar-refractivity contribution is 6.32. The molecular weight excluding hydrogens is 214 g/mol. The lowest BCUT2D eigenvalue weighted by molar-refractivity contribution is 0.0959. The standard InChI is InChI=1S/C11H14ClNO2/c1-6-5-8(15-4)9(11(14)13-3)7(2)10(6)12/h5H,1-4H3,(H,13,14). The summed E-state index contributed by atoms with van der Waals surface area (Å²) in [6.45, 7) is 3.69. The first-order chi connectivity index (χ1) is 7.02. The molecule has 0 spiro atoms. The second-order valence-electron chi connectivity index (χ2n) is 3.29. The van der Waals surface area contributed by atoms with Crippen molar-refractivity contribution in [1.82, 2.24) is 5.32 Å². The predicted octanol–water partition coefficient (Wildman–Crippen LogP) is 2.33. The van der Waals surface area contributed by atoms with Crippen LogP contribution in [0.5, 0.6) is 5.75 Å². The largest absolute Gasteiger partial charge is 0.496 e. The highest BCUT2D eigenvalue weighted by Gasteiger charge is 2.17. The third-order valence-electron chi connectivity index (χ3n) is 2.32. The molecule has 0 radical (unpaired) electrons. The van der Waals surface area contributed by atoms with Crippen molar-refractivity contribution in [3.05, 3.63) is 27.8 Å². The molecular formula is C11H14ClNO2. The Morgan fingerprint density at radius 2 is 2.07 bits per heavy atom. The van der Waals surface area contributed by atoms with Crippen molar-refractivity contribution in [2.24, 2.45) is 0 Å². The van der Waals surface area contributed by atoms with E-state index in [1.807, 2.05) is 13.8 Å². The van der Waals surface area contributed by atoms with E-state index in [1.165, 1.54) is 7.11 Å². The molecule has 0 aromatic heterocycles. The third-order valence-corrected chi connectivity index (χ3v) is 2.90. The Kier molecular flexibility index (Phi) is 3.58. The van der Waals surface area contributed by atoms with Crippen molar-refractivity contribution in [3.8, 4) is 5.75 Å². The maximum Gasteiger partial charge on any atom is 0.255 e. The zero-order valence-electron chi connectivity index (χ0n) is 9.27. The predicted molar refractivity (Wildman–Crippen MR) is 60.9 cm³/mol. The number of aryl methyl sites for hydroxylation is 1. The van der Waals surface area contributed by atoms with Gasteiger partial charge in [-0.15, -0.1) is 0 Å². The van der Waals surface area contributed by atoms with E-state index in [-0.39, 0.29) is 5.91 Å². The van der Waals surface area contributed by atoms with Gasteiger partial charge in [0.15, 0.2) is 0 Å². The summed E-state index contributed by atoms with van der Waals surface area (Å²) in [5.41, 5.74) is 2.14. The Hall–Kier alpha value is -1.22. The Labute approximate surface area is 94.4 Å². The fourth-order valence-corrected chi connectivity index (χ4v) is 1.64. The lowest BCUT2D eigenvalue weighted by atomic mass is 10.0. The van der Waals surface area contributed by atoms with Gasteiger partial charge in [-0.1, -0.05) is 11.6 Å². The molecule has 1 rings (SSSR count). The molecule has 82 valence electrons. The van der Waals surface area contributed by atoms with Gasteiger partial charge in [0, 0.05) is 12.1 Å². The van der Waals surface area contributed by atoms with Crippen LogP contribution in [-0.2, 0) is 0 Å². The normalized spacial score (nSPS) is 9.93. The Bertz CT molecular complexity index is 402. The summed E-state index contributed by atoms with van der Waals surface area (Å²) in [4.78, 5) is 11.6. The van der Waals surface area contributed by atoms with E-state index in [2.05, 4.69) is 5.32 Å². The third kappa shape index (κ3) is 2.07. The first kappa shape index (κ1) is 11.9. The van der Waals surface area contributed by atoms with Crippen molar-refractivity contribution < 1.29 is 9.53 Å². The molecule has 0 unspecified atom stereocenters. The number of methoxy groups -OCH3 is 1. The van der Waals surface area contributed by atoms with Crippen molar-refractivity contribution in [1.29, 1.82) is 0 Å². The maximum atomic E-state index is 11.6. The van der Waals surface area contributed by atoms with Crippen LogP contribution in [0, 0.1) is 13.8 Å². The fourth-order valence-electron chi connectivity index (χ4n) is 1.49. The number of carbonyl (C=O) groups is 1. The molecule has 1 N–H and O–H groups in total. The smallest absolute Gasteiger partial charge is 0.255 e. The van der Waals surface area contributed by atoms with Crippen LogP contribution in [0.3, 0.4) is 0 Å². The maximum absolute atomic E-state index is 11.6. The quantitative estimate of drug-likeness (QED) is 0.842. The summed E-state index contributed by atoms with van der Waals surface area (Å²) in [6.07, 6.45) is 0. The van der Waals surface area contributed by atoms with E-state index < -0.39 is 0 Å². The van der Waals surface area contributed by atoms with E-state index in [9.17, 15) is 4.79 Å². The van der Waals surface area contributed by atoms with Gasteiger partial charge in [0.1, 0.15) is 5.75 Å². The summed E-state index contributed by atoms with van der Waals surface area (Å²) >= 11 is 6.08. The number of rotatable bonds is 2. The molecule has 15 heavy (non-hydrogen) atoms. The van der Waals surface area contributed by atoms with Crippen LogP contribution < -0.4 is 10.1 Å². The zero-order chi connectivity index (χ0) is 11.6. The van der Waals surface area contributed by atoms with Gasteiger partial charge in [-0.25, -0.2) is 0 Å². The Balaban J connectivity index is 3.47. The molecule has 4 heteroatoms. The number of benzene rings is 1. The van der Waals surface area contributed by atoms with Gasteiger partial charge in [0.05, 0.1) is 12.7 Å². The van der Waals surface area contributed by atoms with Gasteiger partial charge in [-0.3, -0.25) is 4.79 Å². The molecule has 1 amide bonds. The molecule has 0 fully saturated rings. The molecule has 0 heterocycles. The summed E-state index contributed by atoms with van der Waals surface area (Å²) < 4.78 is 5.17. The highest BCUT2D eigenvalue weighted by atomic mass is 35.5. The number of carbonyl (C=O) groups excluding carboxylic acids is 1. The molecule has 1 aromatic carbocycles. The SMILES string of the molecule is CNC(=O)c1c(OC)cc(C)c(Cl)c1C. The first-order valence-electron chi connectivity index (χ1n) is 4.58. The second kappa shape index (κ2) is 4.53. The summed E-state index contributed by atoms with van der Waals surface area (Å²) in [7, 11) is 3.11. The number of hydrogen-bond acceptors (Lipinski definition) is 2. The lowest BCUT2D eigenvalue weighted by Crippen LogP contribution is -2.20. The van der Waals surface area contributed by atoms with Crippen LogP contribution in [0.15, 0.2) is 6.07 Å². The topological polar surface area (TPSA) is 38.3 Å². The zero-order valence-corrected chi connectivity index (χ0v) is 10.0. The lowest BCUT2D eigenvalue weighted by Gasteiger charge is -2.13. The van der Waals surface area contributed by atoms with Crippen LogP contribution >= 0.6 is 11.6 Å². The summed E-state index contributed by atoms with van der Waals surface area (Å²) in [5.74, 6) is 0.361. The molecule has 0 aliphatic rings. The molecule has 0 aliphatic heterocycles. The van der Waals surface area contributed by atoms with Crippen molar-refractivity contribution in [2.75, 3.05) is 14.2 Å². The van der Waals surface area contributed by atoms with E-state index in [1.54, 1.807) is 13.1 Å². The Morgan fingerprint density at radius 1 is 1.47 bits per heavy atom. The van der Waals surface area contributed by atoms with Gasteiger partial charge in [0.2, 0.25) is 0 Å². The number of ether oxygens (including phenoxy) is 1. The average molecular weight is 228 g/mol. The van der Waals surface area contributed by atoms with Crippen molar-refractivity contribution in [2.45, 2.75) is 13.8 Å². The molecule has 0 aliphatic carbocycles. The molecule has 0 bridgehead atoms. The van der Waals surface area contributed by atoms with Crippen LogP contribution in [0.2, 0.25) is 5.02 Å². The monoisotopic (exact) mass is 227 g/mol. The van der Waals surface area contributed by atoms with E-state index >= 15 is 0 Å². The van der Waals surface area contributed by atoms with Gasteiger partial charge in [-0.05, 0) is 31.0 Å².